The van der Waals surface area contributed by atoms with Gasteiger partial charge in [-0.25, -0.2) is 10.0 Å². The Labute approximate surface area is 151 Å². The fourth-order valence-electron chi connectivity index (χ4n) is 4.33. The molecule has 142 valence electrons. The van der Waals surface area contributed by atoms with Crippen LogP contribution in [0.25, 0.3) is 0 Å². The number of rotatable bonds is 15. The van der Waals surface area contributed by atoms with Crippen LogP contribution < -0.4 is 5.32 Å². The summed E-state index contributed by atoms with van der Waals surface area (Å²) in [5.41, 5.74) is 0. The number of hydrazine groups is 1. The van der Waals surface area contributed by atoms with E-state index in [0.29, 0.717) is 12.3 Å². The zero-order chi connectivity index (χ0) is 17.2. The molecule has 0 aromatic heterocycles. The molecule has 0 spiro atoms. The molecule has 3 nitrogen and oxygen atoms in total. The molecule has 2 heterocycles. The summed E-state index contributed by atoms with van der Waals surface area (Å²) in [5.74, 6) is 0. The van der Waals surface area contributed by atoms with Gasteiger partial charge >= 0.3 is 0 Å². The van der Waals surface area contributed by atoms with Gasteiger partial charge in [0.2, 0.25) is 0 Å². The van der Waals surface area contributed by atoms with Crippen molar-refractivity contribution in [2.75, 3.05) is 0 Å². The van der Waals surface area contributed by atoms with Crippen LogP contribution in [0.15, 0.2) is 0 Å². The average molecular weight is 338 g/mol. The lowest BCUT2D eigenvalue weighted by atomic mass is 10.1. The predicted octanol–water partition coefficient (Wildman–Crippen LogP) is 6.01. The second-order valence-electron chi connectivity index (χ2n) is 7.99. The van der Waals surface area contributed by atoms with E-state index in [9.17, 15) is 0 Å². The van der Waals surface area contributed by atoms with Crippen LogP contribution in [0.3, 0.4) is 0 Å². The maximum atomic E-state index is 3.93. The monoisotopic (exact) mass is 337 g/mol. The third kappa shape index (κ3) is 6.00. The summed E-state index contributed by atoms with van der Waals surface area (Å²) < 4.78 is 0. The quantitative estimate of drug-likeness (QED) is 0.291. The molecule has 2 rings (SSSR count). The molecular formula is C21H43N3. The van der Waals surface area contributed by atoms with Gasteiger partial charge in [0, 0.05) is 0 Å². The van der Waals surface area contributed by atoms with Crippen LogP contribution in [0.1, 0.15) is 117 Å². The maximum Gasteiger partial charge on any atom is 0.0931 e. The van der Waals surface area contributed by atoms with E-state index < -0.39 is 0 Å². The van der Waals surface area contributed by atoms with Crippen molar-refractivity contribution in [1.29, 1.82) is 0 Å². The van der Waals surface area contributed by atoms with Gasteiger partial charge in [-0.1, -0.05) is 97.8 Å². The number of hydrogen-bond acceptors (Lipinski definition) is 3. The van der Waals surface area contributed by atoms with E-state index >= 15 is 0 Å². The fourth-order valence-corrected chi connectivity index (χ4v) is 4.33. The summed E-state index contributed by atoms with van der Waals surface area (Å²) in [5, 5.41) is 9.32. The SMILES string of the molecule is CCCCCCC1N2[C@@H](CCCCCC)N[C@H](CCCCCC)N12. The van der Waals surface area contributed by atoms with Crippen molar-refractivity contribution in [3.05, 3.63) is 0 Å². The number of nitrogens with one attached hydrogen (secondary N) is 1. The first-order chi connectivity index (χ1) is 11.8. The van der Waals surface area contributed by atoms with Crippen LogP contribution in [0.2, 0.25) is 0 Å². The molecule has 1 N–H and O–H groups in total. The van der Waals surface area contributed by atoms with Crippen LogP contribution in [0.5, 0.6) is 0 Å². The average Bonchev–Trinajstić information content (AvgIpc) is 3.19. The van der Waals surface area contributed by atoms with Gasteiger partial charge < -0.3 is 0 Å². The van der Waals surface area contributed by atoms with E-state index in [4.69, 9.17) is 0 Å². The first-order valence-electron chi connectivity index (χ1n) is 11.2. The highest BCUT2D eigenvalue weighted by molar-refractivity contribution is 4.98. The van der Waals surface area contributed by atoms with Crippen molar-refractivity contribution < 1.29 is 0 Å². The molecule has 0 saturated carbocycles. The summed E-state index contributed by atoms with van der Waals surface area (Å²) in [6.45, 7) is 6.92. The van der Waals surface area contributed by atoms with Crippen LogP contribution in [-0.2, 0) is 0 Å². The third-order valence-corrected chi connectivity index (χ3v) is 5.82. The minimum Gasteiger partial charge on any atom is -0.284 e. The maximum absolute atomic E-state index is 3.93. The largest absolute Gasteiger partial charge is 0.284 e. The summed E-state index contributed by atoms with van der Waals surface area (Å²) in [6.07, 6.45) is 22.8. The second kappa shape index (κ2) is 11.5. The van der Waals surface area contributed by atoms with Gasteiger partial charge in [0.25, 0.3) is 0 Å². The lowest BCUT2D eigenvalue weighted by molar-refractivity contribution is 0.288. The molecule has 0 aromatic carbocycles. The summed E-state index contributed by atoms with van der Waals surface area (Å²) >= 11 is 0. The van der Waals surface area contributed by atoms with Crippen LogP contribution in [0.4, 0.5) is 0 Å². The third-order valence-electron chi connectivity index (χ3n) is 5.82. The predicted molar refractivity (Wildman–Crippen MR) is 104 cm³/mol. The van der Waals surface area contributed by atoms with Crippen molar-refractivity contribution in [1.82, 2.24) is 15.3 Å². The molecule has 0 bridgehead atoms. The molecule has 2 aliphatic heterocycles. The first kappa shape index (κ1) is 20.2. The molecule has 2 unspecified atom stereocenters. The number of fused-ring (bicyclic) bond motifs is 1. The van der Waals surface area contributed by atoms with Crippen LogP contribution in [-0.4, -0.2) is 28.5 Å². The smallest absolute Gasteiger partial charge is 0.0931 e. The highest BCUT2D eigenvalue weighted by Crippen LogP contribution is 2.42. The highest BCUT2D eigenvalue weighted by Gasteiger charge is 2.57. The lowest BCUT2D eigenvalue weighted by Crippen LogP contribution is -2.40. The molecule has 0 aliphatic carbocycles. The van der Waals surface area contributed by atoms with E-state index in [-0.39, 0.29) is 0 Å². The minimum atomic E-state index is 0.634. The number of hydrogen-bond donors (Lipinski definition) is 1. The summed E-state index contributed by atoms with van der Waals surface area (Å²) in [6, 6.07) is 0. The van der Waals surface area contributed by atoms with Gasteiger partial charge in [-0.15, -0.1) is 0 Å². The molecular weight excluding hydrogens is 294 g/mol. The first-order valence-corrected chi connectivity index (χ1v) is 11.2. The van der Waals surface area contributed by atoms with E-state index in [1.807, 2.05) is 0 Å². The number of nitrogens with zero attached hydrogens (tertiary/aromatic N) is 2. The topological polar surface area (TPSA) is 18.0 Å². The molecule has 24 heavy (non-hydrogen) atoms. The molecule has 0 aromatic rings. The Morgan fingerprint density at radius 2 is 0.958 bits per heavy atom. The van der Waals surface area contributed by atoms with Crippen molar-refractivity contribution >= 4 is 0 Å². The fraction of sp³-hybridized carbons (Fsp3) is 1.00. The Morgan fingerprint density at radius 3 is 1.38 bits per heavy atom. The van der Waals surface area contributed by atoms with E-state index in [0.717, 1.165) is 6.17 Å². The molecule has 3 heteroatoms. The Morgan fingerprint density at radius 1 is 0.542 bits per heavy atom. The van der Waals surface area contributed by atoms with Crippen molar-refractivity contribution in [3.63, 3.8) is 0 Å². The molecule has 2 aliphatic rings. The van der Waals surface area contributed by atoms with Gasteiger partial charge in [-0.2, -0.15) is 0 Å². The van der Waals surface area contributed by atoms with Crippen molar-refractivity contribution in [2.45, 2.75) is 136 Å². The van der Waals surface area contributed by atoms with Gasteiger partial charge in [-0.3, -0.25) is 5.32 Å². The van der Waals surface area contributed by atoms with Gasteiger partial charge in [0.1, 0.15) is 0 Å². The molecule has 2 fully saturated rings. The number of unbranched alkanes of at least 4 members (excludes halogenated alkanes) is 9. The van der Waals surface area contributed by atoms with Gasteiger partial charge in [-0.05, 0) is 19.3 Å². The molecule has 4 atom stereocenters. The summed E-state index contributed by atoms with van der Waals surface area (Å²) in [7, 11) is 0. The van der Waals surface area contributed by atoms with E-state index in [1.54, 1.807) is 0 Å². The van der Waals surface area contributed by atoms with Gasteiger partial charge in [0.15, 0.2) is 0 Å². The molecule has 2 saturated heterocycles. The second-order valence-corrected chi connectivity index (χ2v) is 7.99. The van der Waals surface area contributed by atoms with E-state index in [2.05, 4.69) is 36.1 Å². The zero-order valence-electron chi connectivity index (χ0n) is 16.7. The summed E-state index contributed by atoms with van der Waals surface area (Å²) in [4.78, 5) is 0. The Hall–Kier alpha value is -0.120. The highest BCUT2D eigenvalue weighted by atomic mass is 15.9. The van der Waals surface area contributed by atoms with E-state index in [1.165, 1.54) is 96.3 Å². The van der Waals surface area contributed by atoms with Crippen molar-refractivity contribution in [2.24, 2.45) is 0 Å². The van der Waals surface area contributed by atoms with Crippen LogP contribution in [0, 0.1) is 0 Å². The Kier molecular flexibility index (Phi) is 9.67. The molecule has 0 radical (unpaired) electrons. The lowest BCUT2D eigenvalue weighted by Gasteiger charge is -2.20. The van der Waals surface area contributed by atoms with Crippen LogP contribution >= 0.6 is 0 Å². The Balaban J connectivity index is 1.73. The molecule has 0 amide bonds. The normalized spacial score (nSPS) is 31.4. The zero-order valence-corrected chi connectivity index (χ0v) is 16.7. The van der Waals surface area contributed by atoms with Crippen molar-refractivity contribution in [3.8, 4) is 0 Å². The standard InChI is InChI=1S/C21H43N3/c1-4-7-10-13-16-19-22-20(17-14-11-8-5-2)24-21(23(19)24)18-15-12-9-6-3/h19-22H,4-18H2,1-3H3/t19-,20-,21?,23?,24?/m0/s1. The Bertz CT molecular complexity index is 296. The van der Waals surface area contributed by atoms with Gasteiger partial charge in [0.05, 0.1) is 18.5 Å². The minimum absolute atomic E-state index is 0.634.